The molecule has 31 heavy (non-hydrogen) atoms. The van der Waals surface area contributed by atoms with Gasteiger partial charge in [0.05, 0.1) is 19.1 Å². The standard InChI is InChI=1S/C20H20N4O7/c1-20(12-4-7-14(8-5-12)24(28)29)18(26)23(19(27)22-20)11-17(25)21-13-6-9-15(30-2)16(10-13)31-3/h4-10H,11H2,1-3H3,(H,21,25)(H,22,27). The second-order valence-electron chi connectivity index (χ2n) is 6.87. The van der Waals surface area contributed by atoms with Gasteiger partial charge in [-0.05, 0) is 36.8 Å². The molecule has 1 fully saturated rings. The minimum atomic E-state index is -1.45. The van der Waals surface area contributed by atoms with Crippen LogP contribution in [0.5, 0.6) is 11.5 Å². The van der Waals surface area contributed by atoms with Crippen molar-refractivity contribution in [1.29, 1.82) is 0 Å². The van der Waals surface area contributed by atoms with E-state index in [9.17, 15) is 24.5 Å². The Hall–Kier alpha value is -4.15. The van der Waals surface area contributed by atoms with Crippen LogP contribution < -0.4 is 20.1 Å². The molecule has 1 heterocycles. The molecule has 0 aliphatic carbocycles. The Labute approximate surface area is 177 Å². The zero-order chi connectivity index (χ0) is 22.8. The topological polar surface area (TPSA) is 140 Å². The van der Waals surface area contributed by atoms with Crippen molar-refractivity contribution in [3.8, 4) is 11.5 Å². The van der Waals surface area contributed by atoms with Gasteiger partial charge < -0.3 is 20.1 Å². The zero-order valence-corrected chi connectivity index (χ0v) is 17.0. The highest BCUT2D eigenvalue weighted by Gasteiger charge is 2.49. The maximum absolute atomic E-state index is 12.9. The molecule has 1 atom stereocenters. The Morgan fingerprint density at radius 3 is 2.35 bits per heavy atom. The van der Waals surface area contributed by atoms with Crippen molar-refractivity contribution in [3.05, 3.63) is 58.1 Å². The van der Waals surface area contributed by atoms with Gasteiger partial charge in [0.25, 0.3) is 11.6 Å². The van der Waals surface area contributed by atoms with Crippen LogP contribution in [0.25, 0.3) is 0 Å². The van der Waals surface area contributed by atoms with Crippen LogP contribution in [0.15, 0.2) is 42.5 Å². The number of imide groups is 1. The summed E-state index contributed by atoms with van der Waals surface area (Å²) in [6.45, 7) is 0.961. The van der Waals surface area contributed by atoms with Crippen molar-refractivity contribution < 1.29 is 28.8 Å². The first-order valence-electron chi connectivity index (χ1n) is 9.10. The predicted molar refractivity (Wildman–Crippen MR) is 109 cm³/mol. The highest BCUT2D eigenvalue weighted by Crippen LogP contribution is 2.31. The van der Waals surface area contributed by atoms with E-state index >= 15 is 0 Å². The summed E-state index contributed by atoms with van der Waals surface area (Å²) in [6, 6.07) is 9.27. The summed E-state index contributed by atoms with van der Waals surface area (Å²) in [5.74, 6) is -0.355. The molecule has 0 spiro atoms. The van der Waals surface area contributed by atoms with E-state index in [4.69, 9.17) is 9.47 Å². The van der Waals surface area contributed by atoms with Crippen LogP contribution in [0.1, 0.15) is 12.5 Å². The summed E-state index contributed by atoms with van der Waals surface area (Å²) in [5.41, 5.74) is -0.835. The molecule has 11 nitrogen and oxygen atoms in total. The van der Waals surface area contributed by atoms with Crippen molar-refractivity contribution in [2.45, 2.75) is 12.5 Å². The number of nitro benzene ring substituents is 1. The zero-order valence-electron chi connectivity index (χ0n) is 17.0. The SMILES string of the molecule is COc1ccc(NC(=O)CN2C(=O)NC(C)(c3ccc([N+](=O)[O-])cc3)C2=O)cc1OC. The third-order valence-electron chi connectivity index (χ3n) is 4.90. The van der Waals surface area contributed by atoms with E-state index in [1.165, 1.54) is 45.4 Å². The molecule has 0 aromatic heterocycles. The Balaban J connectivity index is 1.73. The number of ether oxygens (including phenoxy) is 2. The Morgan fingerprint density at radius 2 is 1.77 bits per heavy atom. The molecule has 2 aromatic carbocycles. The maximum atomic E-state index is 12.9. The smallest absolute Gasteiger partial charge is 0.325 e. The Kier molecular flexibility index (Phi) is 5.77. The van der Waals surface area contributed by atoms with Gasteiger partial charge >= 0.3 is 6.03 Å². The number of hydrogen-bond donors (Lipinski definition) is 2. The normalized spacial score (nSPS) is 17.8. The fourth-order valence-electron chi connectivity index (χ4n) is 3.21. The van der Waals surface area contributed by atoms with Crippen LogP contribution in [-0.2, 0) is 15.1 Å². The highest BCUT2D eigenvalue weighted by molar-refractivity contribution is 6.10. The third-order valence-corrected chi connectivity index (χ3v) is 4.90. The molecule has 1 aliphatic heterocycles. The van der Waals surface area contributed by atoms with Crippen molar-refractivity contribution in [1.82, 2.24) is 10.2 Å². The summed E-state index contributed by atoms with van der Waals surface area (Å²) in [4.78, 5) is 48.8. The molecular formula is C20H20N4O7. The third kappa shape index (κ3) is 4.10. The van der Waals surface area contributed by atoms with Gasteiger partial charge in [-0.3, -0.25) is 24.6 Å². The van der Waals surface area contributed by atoms with Gasteiger partial charge in [-0.1, -0.05) is 0 Å². The molecule has 1 unspecified atom stereocenters. The van der Waals surface area contributed by atoms with Crippen LogP contribution in [0.3, 0.4) is 0 Å². The highest BCUT2D eigenvalue weighted by atomic mass is 16.6. The van der Waals surface area contributed by atoms with Crippen molar-refractivity contribution in [2.75, 3.05) is 26.1 Å². The van der Waals surface area contributed by atoms with Gasteiger partial charge in [-0.25, -0.2) is 4.79 Å². The number of carbonyl (C=O) groups is 3. The number of anilines is 1. The quantitative estimate of drug-likeness (QED) is 0.390. The van der Waals surface area contributed by atoms with E-state index in [1.54, 1.807) is 18.2 Å². The fourth-order valence-corrected chi connectivity index (χ4v) is 3.21. The molecule has 0 bridgehead atoms. The predicted octanol–water partition coefficient (Wildman–Crippen LogP) is 2.02. The summed E-state index contributed by atoms with van der Waals surface area (Å²) in [7, 11) is 2.94. The van der Waals surface area contributed by atoms with E-state index < -0.39 is 34.9 Å². The number of nitrogens with zero attached hydrogens (tertiary/aromatic N) is 2. The number of rotatable bonds is 7. The molecule has 1 saturated heterocycles. The number of methoxy groups -OCH3 is 2. The molecule has 11 heteroatoms. The Bertz CT molecular complexity index is 1050. The maximum Gasteiger partial charge on any atom is 0.325 e. The first-order valence-corrected chi connectivity index (χ1v) is 9.10. The summed E-state index contributed by atoms with van der Waals surface area (Å²) in [5, 5.41) is 16.0. The molecule has 2 aromatic rings. The molecule has 4 amide bonds. The molecule has 0 saturated carbocycles. The fraction of sp³-hybridized carbons (Fsp3) is 0.250. The molecule has 2 N–H and O–H groups in total. The summed E-state index contributed by atoms with van der Waals surface area (Å²) >= 11 is 0. The number of benzene rings is 2. The van der Waals surface area contributed by atoms with E-state index in [0.717, 1.165) is 4.90 Å². The number of nitro groups is 1. The van der Waals surface area contributed by atoms with Crippen LogP contribution in [0.4, 0.5) is 16.2 Å². The monoisotopic (exact) mass is 428 g/mol. The van der Waals surface area contributed by atoms with E-state index in [1.807, 2.05) is 0 Å². The molecule has 3 rings (SSSR count). The molecule has 162 valence electrons. The summed E-state index contributed by atoms with van der Waals surface area (Å²) < 4.78 is 10.3. The molecule has 0 radical (unpaired) electrons. The van der Waals surface area contributed by atoms with Crippen molar-refractivity contribution in [3.63, 3.8) is 0 Å². The van der Waals surface area contributed by atoms with Crippen LogP contribution in [0, 0.1) is 10.1 Å². The number of hydrogen-bond acceptors (Lipinski definition) is 7. The van der Waals surface area contributed by atoms with Crippen molar-refractivity contribution in [2.24, 2.45) is 0 Å². The number of nitrogens with one attached hydrogen (secondary N) is 2. The number of amides is 4. The lowest BCUT2D eigenvalue weighted by Gasteiger charge is -2.22. The van der Waals surface area contributed by atoms with Gasteiger partial charge in [-0.15, -0.1) is 0 Å². The van der Waals surface area contributed by atoms with Crippen LogP contribution >= 0.6 is 0 Å². The number of non-ortho nitro benzene ring substituents is 1. The van der Waals surface area contributed by atoms with Crippen LogP contribution in [0.2, 0.25) is 0 Å². The minimum Gasteiger partial charge on any atom is -0.493 e. The van der Waals surface area contributed by atoms with E-state index in [-0.39, 0.29) is 5.69 Å². The largest absolute Gasteiger partial charge is 0.493 e. The lowest BCUT2D eigenvalue weighted by molar-refractivity contribution is -0.384. The van der Waals surface area contributed by atoms with Gasteiger partial charge in [0.1, 0.15) is 12.1 Å². The van der Waals surface area contributed by atoms with Gasteiger partial charge in [-0.2, -0.15) is 0 Å². The lowest BCUT2D eigenvalue weighted by Crippen LogP contribution is -2.42. The van der Waals surface area contributed by atoms with Gasteiger partial charge in [0.15, 0.2) is 11.5 Å². The second kappa shape index (κ2) is 8.30. The van der Waals surface area contributed by atoms with E-state index in [0.29, 0.717) is 22.7 Å². The average Bonchev–Trinajstić information content (AvgIpc) is 2.97. The second-order valence-corrected chi connectivity index (χ2v) is 6.87. The first kappa shape index (κ1) is 21.6. The van der Waals surface area contributed by atoms with Gasteiger partial charge in [0, 0.05) is 23.9 Å². The Morgan fingerprint density at radius 1 is 1.13 bits per heavy atom. The van der Waals surface area contributed by atoms with Crippen LogP contribution in [-0.4, -0.2) is 48.4 Å². The van der Waals surface area contributed by atoms with Crippen molar-refractivity contribution >= 4 is 29.2 Å². The number of carbonyl (C=O) groups excluding carboxylic acids is 3. The first-order chi connectivity index (χ1) is 14.7. The lowest BCUT2D eigenvalue weighted by atomic mass is 9.92. The number of urea groups is 1. The average molecular weight is 428 g/mol. The minimum absolute atomic E-state index is 0.143. The van der Waals surface area contributed by atoms with Gasteiger partial charge in [0.2, 0.25) is 5.91 Å². The molecular weight excluding hydrogens is 408 g/mol. The molecule has 1 aliphatic rings. The van der Waals surface area contributed by atoms with E-state index in [2.05, 4.69) is 10.6 Å². The summed E-state index contributed by atoms with van der Waals surface area (Å²) in [6.07, 6.45) is 0.